The molecule has 158 valence electrons. The average Bonchev–Trinajstić information content (AvgIpc) is 2.67. The number of aliphatic hydroxyl groups is 1. The Morgan fingerprint density at radius 1 is 1.23 bits per heavy atom. The Morgan fingerprint density at radius 2 is 1.97 bits per heavy atom. The van der Waals surface area contributed by atoms with Crippen LogP contribution in [-0.2, 0) is 23.8 Å². The lowest BCUT2D eigenvalue weighted by atomic mass is 9.92. The van der Waals surface area contributed by atoms with Crippen molar-refractivity contribution in [2.24, 2.45) is 0 Å². The summed E-state index contributed by atoms with van der Waals surface area (Å²) in [5.74, 6) is -0.998. The monoisotopic (exact) mass is 420 g/mol. The molecule has 1 aliphatic heterocycles. The maximum Gasteiger partial charge on any atom is 0.407 e. The van der Waals surface area contributed by atoms with Crippen molar-refractivity contribution in [3.8, 4) is 0 Å². The fourth-order valence-electron chi connectivity index (χ4n) is 3.66. The molecule has 0 unspecified atom stereocenters. The summed E-state index contributed by atoms with van der Waals surface area (Å²) in [6.07, 6.45) is -3.70. The van der Waals surface area contributed by atoms with Crippen LogP contribution in [0.15, 0.2) is 36.4 Å². The number of hydrogen-bond acceptors (Lipinski definition) is 3. The van der Waals surface area contributed by atoms with E-state index < -0.39 is 35.2 Å². The number of ketones is 1. The quantitative estimate of drug-likeness (QED) is 0.563. The minimum atomic E-state index is -4.71. The summed E-state index contributed by atoms with van der Waals surface area (Å²) in [7, 11) is 0. The number of hydrogen-bond donors (Lipinski definition) is 1. The first kappa shape index (κ1) is 21.8. The molecule has 0 saturated heterocycles. The minimum Gasteiger partial charge on any atom is -0.380 e. The predicted octanol–water partition coefficient (Wildman–Crippen LogP) is 4.71. The van der Waals surface area contributed by atoms with E-state index in [1.807, 2.05) is 0 Å². The lowest BCUT2D eigenvalue weighted by Gasteiger charge is -2.36. The smallest absolute Gasteiger partial charge is 0.380 e. The number of β-amino-alcohol motifs (C(OH)–C–C–N with tert-alkyl or cyclic N) is 1. The van der Waals surface area contributed by atoms with E-state index in [1.165, 1.54) is 25.1 Å². The number of carbonyl (C=O) groups excluding carboxylic acids is 1. The van der Waals surface area contributed by atoms with Gasteiger partial charge in [0.2, 0.25) is 0 Å². The highest BCUT2D eigenvalue weighted by molar-refractivity contribution is 5.89. The molecular formula is C22H20F4N2O2. The highest BCUT2D eigenvalue weighted by Gasteiger charge is 2.36. The highest BCUT2D eigenvalue weighted by Crippen LogP contribution is 2.37. The van der Waals surface area contributed by atoms with Gasteiger partial charge in [0.25, 0.3) is 0 Å². The second kappa shape index (κ2) is 8.07. The standard InChI is InChI=1S/C22H20F4N2O2/c1-21(30,13-28-9-3-4-15-12-16(23)6-8-19(15)28)20(29)11-14-5-7-18(27-2)17(10-14)22(24,25)26/h5-8,10,12,30H,3-4,9,11,13H2,1H3/t21-/m0/s1. The van der Waals surface area contributed by atoms with E-state index in [0.717, 1.165) is 29.8 Å². The fourth-order valence-corrected chi connectivity index (χ4v) is 3.66. The van der Waals surface area contributed by atoms with Crippen molar-refractivity contribution in [1.82, 2.24) is 0 Å². The molecule has 30 heavy (non-hydrogen) atoms. The van der Waals surface area contributed by atoms with Crippen LogP contribution in [-0.4, -0.2) is 29.6 Å². The number of benzene rings is 2. The number of nitrogens with zero attached hydrogens (tertiary/aromatic N) is 2. The van der Waals surface area contributed by atoms with E-state index in [9.17, 15) is 27.5 Å². The van der Waals surface area contributed by atoms with Crippen molar-refractivity contribution in [3.63, 3.8) is 0 Å². The largest absolute Gasteiger partial charge is 0.407 e. The van der Waals surface area contributed by atoms with Gasteiger partial charge < -0.3 is 10.0 Å². The van der Waals surface area contributed by atoms with Crippen LogP contribution in [0.1, 0.15) is 30.0 Å². The first-order valence-electron chi connectivity index (χ1n) is 9.38. The zero-order chi connectivity index (χ0) is 22.1. The van der Waals surface area contributed by atoms with E-state index in [2.05, 4.69) is 4.85 Å². The van der Waals surface area contributed by atoms with Crippen molar-refractivity contribution in [1.29, 1.82) is 0 Å². The van der Waals surface area contributed by atoms with Crippen LogP contribution >= 0.6 is 0 Å². The molecule has 0 amide bonds. The van der Waals surface area contributed by atoms with Gasteiger partial charge in [-0.25, -0.2) is 9.24 Å². The fraction of sp³-hybridized carbons (Fsp3) is 0.364. The van der Waals surface area contributed by atoms with Crippen molar-refractivity contribution in [3.05, 3.63) is 70.3 Å². The van der Waals surface area contributed by atoms with Gasteiger partial charge >= 0.3 is 6.18 Å². The molecule has 3 rings (SSSR count). The molecule has 1 atom stereocenters. The first-order chi connectivity index (χ1) is 14.0. The van der Waals surface area contributed by atoms with Crippen molar-refractivity contribution >= 4 is 17.2 Å². The Morgan fingerprint density at radius 3 is 2.63 bits per heavy atom. The van der Waals surface area contributed by atoms with Gasteiger partial charge in [0.1, 0.15) is 11.4 Å². The van der Waals surface area contributed by atoms with E-state index in [1.54, 1.807) is 11.0 Å². The maximum atomic E-state index is 13.5. The van der Waals surface area contributed by atoms with Gasteiger partial charge in [0, 0.05) is 18.7 Å². The average molecular weight is 420 g/mol. The topological polar surface area (TPSA) is 44.9 Å². The summed E-state index contributed by atoms with van der Waals surface area (Å²) in [5, 5.41) is 10.8. The second-order valence-corrected chi connectivity index (χ2v) is 7.63. The molecule has 8 heteroatoms. The zero-order valence-corrected chi connectivity index (χ0v) is 16.3. The van der Waals surface area contributed by atoms with Crippen LogP contribution in [0.2, 0.25) is 0 Å². The van der Waals surface area contributed by atoms with E-state index in [0.29, 0.717) is 13.0 Å². The van der Waals surface area contributed by atoms with E-state index >= 15 is 0 Å². The van der Waals surface area contributed by atoms with Crippen molar-refractivity contribution in [2.75, 3.05) is 18.0 Å². The number of anilines is 1. The van der Waals surface area contributed by atoms with Crippen LogP contribution < -0.4 is 4.90 Å². The van der Waals surface area contributed by atoms with Gasteiger partial charge in [-0.1, -0.05) is 18.2 Å². The molecule has 2 aromatic carbocycles. The van der Waals surface area contributed by atoms with Gasteiger partial charge in [-0.15, -0.1) is 0 Å². The van der Waals surface area contributed by atoms with Crippen LogP contribution in [0.4, 0.5) is 28.9 Å². The number of halogens is 4. The second-order valence-electron chi connectivity index (χ2n) is 7.63. The summed E-state index contributed by atoms with van der Waals surface area (Å²) in [6, 6.07) is 7.43. The Bertz CT molecular complexity index is 1010. The van der Waals surface area contributed by atoms with Gasteiger partial charge in [0.05, 0.1) is 18.7 Å². The van der Waals surface area contributed by atoms with Crippen molar-refractivity contribution < 1.29 is 27.5 Å². The number of rotatable bonds is 5. The van der Waals surface area contributed by atoms with Gasteiger partial charge in [-0.05, 0) is 49.1 Å². The summed E-state index contributed by atoms with van der Waals surface area (Å²) >= 11 is 0. The molecular weight excluding hydrogens is 400 g/mol. The summed E-state index contributed by atoms with van der Waals surface area (Å²) in [6.45, 7) is 8.72. The Labute approximate surface area is 171 Å². The molecule has 0 radical (unpaired) electrons. The third-order valence-electron chi connectivity index (χ3n) is 5.21. The lowest BCUT2D eigenvalue weighted by Crippen LogP contribution is -2.49. The third-order valence-corrected chi connectivity index (χ3v) is 5.21. The van der Waals surface area contributed by atoms with Crippen molar-refractivity contribution in [2.45, 2.75) is 38.0 Å². The zero-order valence-electron chi connectivity index (χ0n) is 16.3. The summed E-state index contributed by atoms with van der Waals surface area (Å²) < 4.78 is 52.9. The minimum absolute atomic E-state index is 0.0588. The number of alkyl halides is 3. The first-order valence-corrected chi connectivity index (χ1v) is 9.38. The van der Waals surface area contributed by atoms with Gasteiger partial charge in [0.15, 0.2) is 11.5 Å². The molecule has 1 N–H and O–H groups in total. The molecule has 1 aliphatic rings. The molecule has 4 nitrogen and oxygen atoms in total. The SMILES string of the molecule is [C-]#[N+]c1ccc(CC(=O)[C@@](C)(O)CN2CCCc3cc(F)ccc32)cc1C(F)(F)F. The summed E-state index contributed by atoms with van der Waals surface area (Å²) in [5.41, 5.74) is -1.87. The molecule has 0 fully saturated rings. The molecule has 0 saturated carbocycles. The molecule has 0 aliphatic carbocycles. The van der Waals surface area contributed by atoms with Gasteiger partial charge in [-0.2, -0.15) is 13.2 Å². The van der Waals surface area contributed by atoms with E-state index in [-0.39, 0.29) is 17.9 Å². The lowest BCUT2D eigenvalue weighted by molar-refractivity contribution is -0.137. The number of aryl methyl sites for hydroxylation is 1. The maximum absolute atomic E-state index is 13.5. The molecule has 0 aromatic heterocycles. The van der Waals surface area contributed by atoms with Gasteiger partial charge in [-0.3, -0.25) is 4.79 Å². The third kappa shape index (κ3) is 4.62. The number of Topliss-reactive ketones (excluding diaryl/α,β-unsaturated/α-hetero) is 1. The molecule has 0 bridgehead atoms. The van der Waals surface area contributed by atoms with Crippen LogP contribution in [0.5, 0.6) is 0 Å². The highest BCUT2D eigenvalue weighted by atomic mass is 19.4. The molecule has 0 spiro atoms. The Balaban J connectivity index is 1.79. The van der Waals surface area contributed by atoms with Crippen LogP contribution in [0.3, 0.4) is 0 Å². The summed E-state index contributed by atoms with van der Waals surface area (Å²) in [4.78, 5) is 17.4. The van der Waals surface area contributed by atoms with Crippen LogP contribution in [0, 0.1) is 12.4 Å². The molecule has 2 aromatic rings. The Kier molecular flexibility index (Phi) is 5.86. The number of fused-ring (bicyclic) bond motifs is 1. The normalized spacial score (nSPS) is 15.8. The van der Waals surface area contributed by atoms with Crippen LogP contribution in [0.25, 0.3) is 4.85 Å². The number of carbonyl (C=O) groups is 1. The predicted molar refractivity (Wildman–Crippen MR) is 104 cm³/mol. The Hall–Kier alpha value is -2.92. The molecule has 1 heterocycles. The van der Waals surface area contributed by atoms with E-state index in [4.69, 9.17) is 6.57 Å².